The van der Waals surface area contributed by atoms with E-state index in [1.54, 1.807) is 0 Å². The van der Waals surface area contributed by atoms with E-state index in [1.165, 1.54) is 28.5 Å². The lowest BCUT2D eigenvalue weighted by Crippen LogP contribution is -2.07. The summed E-state index contributed by atoms with van der Waals surface area (Å²) in [6.45, 7) is 1.99. The van der Waals surface area contributed by atoms with Crippen LogP contribution in [0.25, 0.3) is 10.9 Å². The van der Waals surface area contributed by atoms with E-state index in [9.17, 15) is 0 Å². The Kier molecular flexibility index (Phi) is 4.37. The second-order valence-electron chi connectivity index (χ2n) is 5.48. The van der Waals surface area contributed by atoms with Crippen molar-refractivity contribution < 1.29 is 0 Å². The number of benzene rings is 2. The molecule has 0 aliphatic carbocycles. The Morgan fingerprint density at radius 3 is 2.62 bits per heavy atom. The van der Waals surface area contributed by atoms with Crippen molar-refractivity contribution in [3.63, 3.8) is 0 Å². The van der Waals surface area contributed by atoms with E-state index in [-0.39, 0.29) is 0 Å². The maximum atomic E-state index is 3.26. The largest absolute Gasteiger partial charge is 0.347 e. The van der Waals surface area contributed by atoms with Crippen LogP contribution < -0.4 is 5.32 Å². The number of para-hydroxylation sites is 1. The molecule has 0 radical (unpaired) electrons. The fraction of sp³-hybridized carbons (Fsp3) is 0.263. The van der Waals surface area contributed by atoms with Crippen LogP contribution >= 0.6 is 0 Å². The van der Waals surface area contributed by atoms with Gasteiger partial charge in [-0.2, -0.15) is 0 Å². The van der Waals surface area contributed by atoms with Gasteiger partial charge in [0.05, 0.1) is 5.52 Å². The number of aromatic nitrogens is 1. The van der Waals surface area contributed by atoms with Gasteiger partial charge in [0.2, 0.25) is 0 Å². The van der Waals surface area contributed by atoms with Gasteiger partial charge in [-0.3, -0.25) is 0 Å². The molecule has 108 valence electrons. The van der Waals surface area contributed by atoms with Gasteiger partial charge in [-0.1, -0.05) is 48.5 Å². The Morgan fingerprint density at radius 2 is 1.81 bits per heavy atom. The molecular weight excluding hydrogens is 256 g/mol. The molecule has 0 saturated carbocycles. The summed E-state index contributed by atoms with van der Waals surface area (Å²) in [5, 5.41) is 4.60. The molecule has 0 unspecified atom stereocenters. The van der Waals surface area contributed by atoms with Crippen molar-refractivity contribution in [2.24, 2.45) is 0 Å². The highest BCUT2D eigenvalue weighted by atomic mass is 15.0. The number of rotatable bonds is 6. The monoisotopic (exact) mass is 278 g/mol. The van der Waals surface area contributed by atoms with Crippen molar-refractivity contribution in [2.75, 3.05) is 7.05 Å². The first kappa shape index (κ1) is 13.9. The van der Waals surface area contributed by atoms with Gasteiger partial charge in [-0.05, 0) is 42.5 Å². The number of nitrogens with one attached hydrogen (secondary N) is 1. The van der Waals surface area contributed by atoms with Crippen LogP contribution in [0.2, 0.25) is 0 Å². The summed E-state index contributed by atoms with van der Waals surface area (Å²) < 4.78 is 2.39. The summed E-state index contributed by atoms with van der Waals surface area (Å²) in [4.78, 5) is 0. The minimum Gasteiger partial charge on any atom is -0.347 e. The Hall–Kier alpha value is -2.06. The van der Waals surface area contributed by atoms with Crippen LogP contribution in [-0.4, -0.2) is 11.6 Å². The lowest BCUT2D eigenvalue weighted by Gasteiger charge is -2.10. The molecule has 21 heavy (non-hydrogen) atoms. The maximum absolute atomic E-state index is 3.26. The zero-order chi connectivity index (χ0) is 14.5. The molecule has 1 aromatic heterocycles. The summed E-state index contributed by atoms with van der Waals surface area (Å²) in [6, 6.07) is 19.5. The summed E-state index contributed by atoms with van der Waals surface area (Å²) >= 11 is 0. The Labute approximate surface area is 126 Å². The van der Waals surface area contributed by atoms with E-state index in [4.69, 9.17) is 0 Å². The van der Waals surface area contributed by atoms with Gasteiger partial charge in [0.15, 0.2) is 0 Å². The van der Waals surface area contributed by atoms with E-state index >= 15 is 0 Å². The highest BCUT2D eigenvalue weighted by molar-refractivity contribution is 5.83. The standard InChI is InChI=1S/C19H22N2/c1-20-15-18-11-5-10-17-12-14-21(19(17)18)13-6-9-16-7-3-2-4-8-16/h2-5,7-8,10-12,14,20H,6,9,13,15H2,1H3. The third-order valence-corrected chi connectivity index (χ3v) is 3.95. The van der Waals surface area contributed by atoms with Crippen LogP contribution in [0.3, 0.4) is 0 Å². The van der Waals surface area contributed by atoms with Gasteiger partial charge < -0.3 is 9.88 Å². The molecule has 1 heterocycles. The molecule has 0 saturated heterocycles. The number of hydrogen-bond acceptors (Lipinski definition) is 1. The van der Waals surface area contributed by atoms with Crippen molar-refractivity contribution in [1.82, 2.24) is 9.88 Å². The van der Waals surface area contributed by atoms with Gasteiger partial charge in [-0.25, -0.2) is 0 Å². The van der Waals surface area contributed by atoms with Crippen LogP contribution in [-0.2, 0) is 19.5 Å². The Bertz CT molecular complexity index is 698. The van der Waals surface area contributed by atoms with Crippen LogP contribution in [0.5, 0.6) is 0 Å². The van der Waals surface area contributed by atoms with E-state index in [0.717, 1.165) is 19.5 Å². The van der Waals surface area contributed by atoms with Crippen molar-refractivity contribution in [3.8, 4) is 0 Å². The van der Waals surface area contributed by atoms with E-state index < -0.39 is 0 Å². The smallest absolute Gasteiger partial charge is 0.0525 e. The van der Waals surface area contributed by atoms with Crippen molar-refractivity contribution in [3.05, 3.63) is 71.9 Å². The molecule has 0 spiro atoms. The molecule has 0 aliphatic heterocycles. The van der Waals surface area contributed by atoms with Crippen LogP contribution in [0.1, 0.15) is 17.5 Å². The molecule has 1 N–H and O–H groups in total. The molecule has 3 aromatic rings. The average Bonchev–Trinajstić information content (AvgIpc) is 2.93. The van der Waals surface area contributed by atoms with Crippen molar-refractivity contribution >= 4 is 10.9 Å². The van der Waals surface area contributed by atoms with Crippen molar-refractivity contribution in [2.45, 2.75) is 25.9 Å². The van der Waals surface area contributed by atoms with Gasteiger partial charge in [-0.15, -0.1) is 0 Å². The van der Waals surface area contributed by atoms with E-state index in [1.807, 2.05) is 7.05 Å². The van der Waals surface area contributed by atoms with Crippen LogP contribution in [0, 0.1) is 0 Å². The first-order chi connectivity index (χ1) is 10.4. The SMILES string of the molecule is CNCc1cccc2ccn(CCCc3ccccc3)c12. The zero-order valence-corrected chi connectivity index (χ0v) is 12.5. The summed E-state index contributed by atoms with van der Waals surface area (Å²) in [5.74, 6) is 0. The van der Waals surface area contributed by atoms with Crippen LogP contribution in [0.4, 0.5) is 0 Å². The van der Waals surface area contributed by atoms with Gasteiger partial charge >= 0.3 is 0 Å². The molecule has 0 fully saturated rings. The molecule has 0 atom stereocenters. The van der Waals surface area contributed by atoms with E-state index in [2.05, 4.69) is 70.7 Å². The first-order valence-corrected chi connectivity index (χ1v) is 7.64. The molecular formula is C19H22N2. The third-order valence-electron chi connectivity index (χ3n) is 3.95. The number of hydrogen-bond donors (Lipinski definition) is 1. The van der Waals surface area contributed by atoms with Gasteiger partial charge in [0.25, 0.3) is 0 Å². The quantitative estimate of drug-likeness (QED) is 0.721. The summed E-state index contributed by atoms with van der Waals surface area (Å²) in [5.41, 5.74) is 4.17. The third kappa shape index (κ3) is 3.17. The van der Waals surface area contributed by atoms with E-state index in [0.29, 0.717) is 0 Å². The number of aryl methyl sites for hydroxylation is 2. The predicted molar refractivity (Wildman–Crippen MR) is 89.5 cm³/mol. The minimum absolute atomic E-state index is 0.917. The fourth-order valence-electron chi connectivity index (χ4n) is 2.96. The lowest BCUT2D eigenvalue weighted by atomic mass is 10.1. The maximum Gasteiger partial charge on any atom is 0.0525 e. The van der Waals surface area contributed by atoms with Gasteiger partial charge in [0.1, 0.15) is 0 Å². The predicted octanol–water partition coefficient (Wildman–Crippen LogP) is 3.99. The number of fused-ring (bicyclic) bond motifs is 1. The lowest BCUT2D eigenvalue weighted by molar-refractivity contribution is 0.658. The molecule has 2 aromatic carbocycles. The fourth-order valence-corrected chi connectivity index (χ4v) is 2.96. The highest BCUT2D eigenvalue weighted by Gasteiger charge is 2.05. The minimum atomic E-state index is 0.917. The second kappa shape index (κ2) is 6.59. The van der Waals surface area contributed by atoms with Crippen molar-refractivity contribution in [1.29, 1.82) is 0 Å². The highest BCUT2D eigenvalue weighted by Crippen LogP contribution is 2.21. The summed E-state index contributed by atoms with van der Waals surface area (Å²) in [6.07, 6.45) is 4.52. The molecule has 0 amide bonds. The summed E-state index contributed by atoms with van der Waals surface area (Å²) in [7, 11) is 2.00. The van der Waals surface area contributed by atoms with Crippen LogP contribution in [0.15, 0.2) is 60.8 Å². The zero-order valence-electron chi connectivity index (χ0n) is 12.5. The molecule has 0 aliphatic rings. The molecule has 2 nitrogen and oxygen atoms in total. The topological polar surface area (TPSA) is 17.0 Å². The molecule has 2 heteroatoms. The Morgan fingerprint density at radius 1 is 0.952 bits per heavy atom. The normalized spacial score (nSPS) is 11.1. The molecule has 3 rings (SSSR count). The van der Waals surface area contributed by atoms with Gasteiger partial charge in [0, 0.05) is 19.3 Å². The number of nitrogens with zero attached hydrogens (tertiary/aromatic N) is 1. The molecule has 0 bridgehead atoms. The Balaban J connectivity index is 1.75. The first-order valence-electron chi connectivity index (χ1n) is 7.64. The second-order valence-corrected chi connectivity index (χ2v) is 5.48. The average molecular weight is 278 g/mol.